The molecular formula is C22H36N2O. The van der Waals surface area contributed by atoms with Crippen LogP contribution in [0.2, 0.25) is 0 Å². The number of nitrogens with zero attached hydrogens (tertiary/aromatic N) is 2. The number of carbonyl (C=O) groups excluding carboxylic acids is 1. The first kappa shape index (κ1) is 21.5. The normalized spacial score (nSPS) is 11.2. The van der Waals surface area contributed by atoms with Crippen LogP contribution < -0.4 is 0 Å². The minimum Gasteiger partial charge on any atom is -0.292 e. The van der Waals surface area contributed by atoms with Crippen LogP contribution in [0.1, 0.15) is 107 Å². The summed E-state index contributed by atoms with van der Waals surface area (Å²) in [6.07, 6.45) is 26.6. The summed E-state index contributed by atoms with van der Waals surface area (Å²) < 4.78 is 0. The molecule has 0 aliphatic carbocycles. The molecule has 3 nitrogen and oxygen atoms in total. The van der Waals surface area contributed by atoms with E-state index in [1.54, 1.807) is 18.6 Å². The van der Waals surface area contributed by atoms with E-state index in [0.717, 1.165) is 12.8 Å². The van der Waals surface area contributed by atoms with Crippen LogP contribution in [0.25, 0.3) is 0 Å². The van der Waals surface area contributed by atoms with Crippen molar-refractivity contribution >= 4 is 5.78 Å². The van der Waals surface area contributed by atoms with Crippen LogP contribution in [0.5, 0.6) is 0 Å². The Hall–Kier alpha value is -1.51. The molecule has 0 fully saturated rings. The number of allylic oxidation sites excluding steroid dienone is 2. The van der Waals surface area contributed by atoms with Crippen LogP contribution >= 0.6 is 0 Å². The summed E-state index contributed by atoms with van der Waals surface area (Å²) in [4.78, 5) is 19.9. The Morgan fingerprint density at radius 3 is 2.04 bits per heavy atom. The summed E-state index contributed by atoms with van der Waals surface area (Å²) in [5.74, 6) is 0.116. The summed E-state index contributed by atoms with van der Waals surface area (Å²) in [6, 6.07) is 0. The van der Waals surface area contributed by atoms with Gasteiger partial charge in [0.15, 0.2) is 5.78 Å². The summed E-state index contributed by atoms with van der Waals surface area (Å²) in [5, 5.41) is 0. The van der Waals surface area contributed by atoms with Gasteiger partial charge in [0.2, 0.25) is 0 Å². The zero-order valence-electron chi connectivity index (χ0n) is 16.1. The second kappa shape index (κ2) is 16.0. The minimum absolute atomic E-state index is 0.116. The smallest absolute Gasteiger partial charge is 0.182 e. The predicted molar refractivity (Wildman–Crippen MR) is 106 cm³/mol. The molecular weight excluding hydrogens is 308 g/mol. The topological polar surface area (TPSA) is 42.9 Å². The van der Waals surface area contributed by atoms with Gasteiger partial charge in [-0.2, -0.15) is 0 Å². The van der Waals surface area contributed by atoms with Gasteiger partial charge in [-0.25, -0.2) is 4.98 Å². The largest absolute Gasteiger partial charge is 0.292 e. The molecule has 0 unspecified atom stereocenters. The van der Waals surface area contributed by atoms with Crippen LogP contribution in [0.4, 0.5) is 0 Å². The molecule has 0 amide bonds. The molecule has 0 aliphatic heterocycles. The first-order valence-corrected chi connectivity index (χ1v) is 10.3. The Bertz CT molecular complexity index is 456. The van der Waals surface area contributed by atoms with Crippen molar-refractivity contribution in [2.24, 2.45) is 0 Å². The van der Waals surface area contributed by atoms with Crippen molar-refractivity contribution in [1.82, 2.24) is 9.97 Å². The van der Waals surface area contributed by atoms with Crippen molar-refractivity contribution in [2.45, 2.75) is 96.8 Å². The third-order valence-corrected chi connectivity index (χ3v) is 4.51. The fraction of sp³-hybridized carbons (Fsp3) is 0.682. The molecule has 1 rings (SSSR count). The SMILES string of the molecule is CCCCCCCCC=CCCCCCCCC(=O)c1cnccn1. The number of Topliss-reactive ketones (excluding diaryl/α,β-unsaturated/α-hetero) is 1. The number of rotatable bonds is 16. The maximum absolute atomic E-state index is 11.9. The highest BCUT2D eigenvalue weighted by atomic mass is 16.1. The number of hydrogen-bond acceptors (Lipinski definition) is 3. The molecule has 0 radical (unpaired) electrons. The molecule has 1 aromatic rings. The molecule has 1 heterocycles. The van der Waals surface area contributed by atoms with Gasteiger partial charge < -0.3 is 0 Å². The zero-order chi connectivity index (χ0) is 18.0. The maximum Gasteiger partial charge on any atom is 0.182 e. The second-order valence-corrected chi connectivity index (χ2v) is 6.85. The van der Waals surface area contributed by atoms with E-state index < -0.39 is 0 Å². The lowest BCUT2D eigenvalue weighted by Gasteiger charge is -2.01. The van der Waals surface area contributed by atoms with Gasteiger partial charge in [0.1, 0.15) is 5.69 Å². The monoisotopic (exact) mass is 344 g/mol. The molecule has 0 aromatic carbocycles. The Morgan fingerprint density at radius 1 is 0.840 bits per heavy atom. The third-order valence-electron chi connectivity index (χ3n) is 4.51. The van der Waals surface area contributed by atoms with Crippen molar-refractivity contribution < 1.29 is 4.79 Å². The standard InChI is InChI=1S/C22H36N2O/c1-2-3-4-5-6-7-8-9-10-11-12-13-14-15-16-17-22(25)21-20-23-18-19-24-21/h9-10,18-20H,2-8,11-17H2,1H3. The maximum atomic E-state index is 11.9. The summed E-state index contributed by atoms with van der Waals surface area (Å²) in [5.41, 5.74) is 0.498. The van der Waals surface area contributed by atoms with Crippen LogP contribution in [0.3, 0.4) is 0 Å². The second-order valence-electron chi connectivity index (χ2n) is 6.85. The van der Waals surface area contributed by atoms with Crippen LogP contribution in [-0.4, -0.2) is 15.8 Å². The van der Waals surface area contributed by atoms with Crippen LogP contribution in [-0.2, 0) is 0 Å². The van der Waals surface area contributed by atoms with Crippen molar-refractivity contribution in [2.75, 3.05) is 0 Å². The highest BCUT2D eigenvalue weighted by molar-refractivity contribution is 5.93. The van der Waals surface area contributed by atoms with Gasteiger partial charge in [-0.3, -0.25) is 9.78 Å². The van der Waals surface area contributed by atoms with Gasteiger partial charge in [-0.15, -0.1) is 0 Å². The molecule has 3 heteroatoms. The quantitative estimate of drug-likeness (QED) is 0.190. The first-order valence-electron chi connectivity index (χ1n) is 10.3. The average Bonchev–Trinajstić information content (AvgIpc) is 2.65. The van der Waals surface area contributed by atoms with Gasteiger partial charge in [-0.05, 0) is 32.1 Å². The third kappa shape index (κ3) is 12.5. The molecule has 140 valence electrons. The molecule has 0 saturated carbocycles. The fourth-order valence-corrected chi connectivity index (χ4v) is 2.93. The van der Waals surface area contributed by atoms with Gasteiger partial charge in [0.25, 0.3) is 0 Å². The number of hydrogen-bond donors (Lipinski definition) is 0. The molecule has 1 aromatic heterocycles. The van der Waals surface area contributed by atoms with E-state index in [0.29, 0.717) is 12.1 Å². The lowest BCUT2D eigenvalue weighted by atomic mass is 10.1. The van der Waals surface area contributed by atoms with Crippen molar-refractivity contribution in [3.8, 4) is 0 Å². The Labute approximate surface area is 154 Å². The van der Waals surface area contributed by atoms with E-state index in [1.807, 2.05) is 0 Å². The van der Waals surface area contributed by atoms with E-state index in [9.17, 15) is 4.79 Å². The Morgan fingerprint density at radius 2 is 1.44 bits per heavy atom. The van der Waals surface area contributed by atoms with Gasteiger partial charge in [0, 0.05) is 18.8 Å². The highest BCUT2D eigenvalue weighted by Crippen LogP contribution is 2.11. The number of carbonyl (C=O) groups is 1. The summed E-state index contributed by atoms with van der Waals surface area (Å²) in [6.45, 7) is 2.27. The highest BCUT2D eigenvalue weighted by Gasteiger charge is 2.06. The Balaban J connectivity index is 1.84. The molecule has 0 aliphatic rings. The summed E-state index contributed by atoms with van der Waals surface area (Å²) in [7, 11) is 0. The number of aromatic nitrogens is 2. The van der Waals surface area contributed by atoms with E-state index in [4.69, 9.17) is 0 Å². The molecule has 0 bridgehead atoms. The summed E-state index contributed by atoms with van der Waals surface area (Å²) >= 11 is 0. The fourth-order valence-electron chi connectivity index (χ4n) is 2.93. The minimum atomic E-state index is 0.116. The first-order chi connectivity index (χ1) is 12.3. The van der Waals surface area contributed by atoms with Gasteiger partial charge >= 0.3 is 0 Å². The van der Waals surface area contributed by atoms with E-state index in [1.165, 1.54) is 70.6 Å². The predicted octanol–water partition coefficient (Wildman–Crippen LogP) is 6.70. The molecule has 0 saturated heterocycles. The zero-order valence-corrected chi connectivity index (χ0v) is 16.1. The average molecular weight is 345 g/mol. The van der Waals surface area contributed by atoms with E-state index in [-0.39, 0.29) is 5.78 Å². The molecule has 0 atom stereocenters. The van der Waals surface area contributed by atoms with Crippen molar-refractivity contribution in [1.29, 1.82) is 0 Å². The number of unbranched alkanes of at least 4 members (excludes halogenated alkanes) is 11. The van der Waals surface area contributed by atoms with Crippen molar-refractivity contribution in [3.05, 3.63) is 36.4 Å². The van der Waals surface area contributed by atoms with E-state index >= 15 is 0 Å². The lowest BCUT2D eigenvalue weighted by molar-refractivity contribution is 0.0974. The van der Waals surface area contributed by atoms with Crippen LogP contribution in [0.15, 0.2) is 30.7 Å². The van der Waals surface area contributed by atoms with Gasteiger partial charge in [0.05, 0.1) is 6.20 Å². The molecule has 0 N–H and O–H groups in total. The Kier molecular flexibility index (Phi) is 13.8. The lowest BCUT2D eigenvalue weighted by Crippen LogP contribution is -2.02. The van der Waals surface area contributed by atoms with E-state index in [2.05, 4.69) is 29.0 Å². The van der Waals surface area contributed by atoms with Crippen LogP contribution in [0, 0.1) is 0 Å². The van der Waals surface area contributed by atoms with Gasteiger partial charge in [-0.1, -0.05) is 70.4 Å². The van der Waals surface area contributed by atoms with Crippen molar-refractivity contribution in [3.63, 3.8) is 0 Å². The number of ketones is 1. The molecule has 0 spiro atoms. The molecule has 25 heavy (non-hydrogen) atoms.